The number of likely N-dealkylation sites (N-methyl/N-ethyl adjacent to an activating group) is 1. The highest BCUT2D eigenvalue weighted by Crippen LogP contribution is 2.11. The Labute approximate surface area is 88.3 Å². The Hall–Kier alpha value is -1.59. The fourth-order valence-electron chi connectivity index (χ4n) is 1.29. The van der Waals surface area contributed by atoms with Crippen LogP contribution in [-0.4, -0.2) is 24.1 Å². The van der Waals surface area contributed by atoms with Gasteiger partial charge in [0.05, 0.1) is 6.04 Å². The summed E-state index contributed by atoms with van der Waals surface area (Å²) in [6.07, 6.45) is 0.528. The van der Waals surface area contributed by atoms with Crippen molar-refractivity contribution < 1.29 is 9.90 Å². The van der Waals surface area contributed by atoms with Crippen LogP contribution >= 0.6 is 0 Å². The van der Waals surface area contributed by atoms with Crippen molar-refractivity contribution in [1.29, 1.82) is 0 Å². The average Bonchev–Trinajstić information content (AvgIpc) is 2.27. The molecule has 1 unspecified atom stereocenters. The quantitative estimate of drug-likeness (QED) is 0.306. The number of rotatable bonds is 4. The molecule has 5 heteroatoms. The predicted octanol–water partition coefficient (Wildman–Crippen LogP) is -0.487. The lowest BCUT2D eigenvalue weighted by molar-refractivity contribution is -0.123. The van der Waals surface area contributed by atoms with Crippen molar-refractivity contribution in [1.82, 2.24) is 10.7 Å². The number of amides is 1. The summed E-state index contributed by atoms with van der Waals surface area (Å²) in [7, 11) is 1.69. The van der Waals surface area contributed by atoms with Crippen LogP contribution in [0.15, 0.2) is 24.3 Å². The number of phenols is 1. The lowest BCUT2D eigenvalue weighted by Gasteiger charge is -2.13. The summed E-state index contributed by atoms with van der Waals surface area (Å²) in [4.78, 5) is 11.3. The third kappa shape index (κ3) is 3.23. The Kier molecular flexibility index (Phi) is 4.08. The minimum Gasteiger partial charge on any atom is -0.508 e. The molecular weight excluding hydrogens is 194 g/mol. The number of nitrogens with one attached hydrogen (secondary N) is 2. The van der Waals surface area contributed by atoms with E-state index in [9.17, 15) is 4.79 Å². The number of benzene rings is 1. The molecule has 0 saturated carbocycles. The van der Waals surface area contributed by atoms with E-state index < -0.39 is 0 Å². The molecule has 1 rings (SSSR count). The van der Waals surface area contributed by atoms with Crippen molar-refractivity contribution >= 4 is 5.91 Å². The minimum atomic E-state index is -0.362. The fraction of sp³-hybridized carbons (Fsp3) is 0.300. The fourth-order valence-corrected chi connectivity index (χ4v) is 1.29. The molecule has 0 fully saturated rings. The molecule has 0 heterocycles. The van der Waals surface area contributed by atoms with E-state index in [-0.39, 0.29) is 17.7 Å². The zero-order chi connectivity index (χ0) is 11.3. The number of hydrogen-bond donors (Lipinski definition) is 4. The maximum atomic E-state index is 11.3. The Morgan fingerprint density at radius 1 is 1.47 bits per heavy atom. The van der Waals surface area contributed by atoms with E-state index in [1.54, 1.807) is 31.3 Å². The molecule has 15 heavy (non-hydrogen) atoms. The topological polar surface area (TPSA) is 87.4 Å². The van der Waals surface area contributed by atoms with Crippen molar-refractivity contribution in [3.8, 4) is 5.75 Å². The molecule has 0 aliphatic rings. The first kappa shape index (κ1) is 11.5. The van der Waals surface area contributed by atoms with Gasteiger partial charge < -0.3 is 10.4 Å². The summed E-state index contributed by atoms with van der Waals surface area (Å²) in [5.74, 6) is 5.00. The van der Waals surface area contributed by atoms with Crippen molar-refractivity contribution in [3.63, 3.8) is 0 Å². The van der Waals surface area contributed by atoms with Gasteiger partial charge in [-0.2, -0.15) is 0 Å². The second kappa shape index (κ2) is 5.33. The number of carbonyl (C=O) groups is 1. The van der Waals surface area contributed by atoms with Crippen LogP contribution in [-0.2, 0) is 11.2 Å². The maximum Gasteiger partial charge on any atom is 0.251 e. The van der Waals surface area contributed by atoms with E-state index in [4.69, 9.17) is 10.9 Å². The van der Waals surface area contributed by atoms with Gasteiger partial charge in [0.25, 0.3) is 5.91 Å². The number of hydrazine groups is 1. The van der Waals surface area contributed by atoms with Crippen LogP contribution < -0.4 is 16.6 Å². The molecule has 0 aliphatic carbocycles. The smallest absolute Gasteiger partial charge is 0.251 e. The van der Waals surface area contributed by atoms with Crippen LogP contribution in [0.2, 0.25) is 0 Å². The van der Waals surface area contributed by atoms with Gasteiger partial charge in [-0.05, 0) is 31.2 Å². The molecule has 0 bridgehead atoms. The van der Waals surface area contributed by atoms with E-state index in [2.05, 4.69) is 10.7 Å². The van der Waals surface area contributed by atoms with E-state index in [0.717, 1.165) is 5.56 Å². The molecular formula is C10H15N3O2. The summed E-state index contributed by atoms with van der Waals surface area (Å²) in [6, 6.07) is 6.34. The molecule has 0 spiro atoms. The van der Waals surface area contributed by atoms with Gasteiger partial charge in [0.1, 0.15) is 5.75 Å². The minimum absolute atomic E-state index is 0.211. The highest BCUT2D eigenvalue weighted by Gasteiger charge is 2.15. The second-order valence-electron chi connectivity index (χ2n) is 3.22. The van der Waals surface area contributed by atoms with Crippen molar-refractivity contribution in [2.24, 2.45) is 5.84 Å². The van der Waals surface area contributed by atoms with E-state index in [1.165, 1.54) is 0 Å². The molecule has 1 atom stereocenters. The van der Waals surface area contributed by atoms with Crippen LogP contribution in [0, 0.1) is 0 Å². The van der Waals surface area contributed by atoms with Gasteiger partial charge in [-0.15, -0.1) is 0 Å². The van der Waals surface area contributed by atoms with Crippen molar-refractivity contribution in [2.75, 3.05) is 7.05 Å². The van der Waals surface area contributed by atoms with Crippen LogP contribution in [0.1, 0.15) is 5.56 Å². The van der Waals surface area contributed by atoms with E-state index in [1.807, 2.05) is 0 Å². The third-order valence-electron chi connectivity index (χ3n) is 2.18. The predicted molar refractivity (Wildman–Crippen MR) is 57.0 cm³/mol. The first-order valence-corrected chi connectivity index (χ1v) is 4.63. The van der Waals surface area contributed by atoms with Crippen LogP contribution in [0.4, 0.5) is 0 Å². The number of nitrogens with two attached hydrogens (primary N) is 1. The van der Waals surface area contributed by atoms with Gasteiger partial charge in [0, 0.05) is 0 Å². The molecule has 1 amide bonds. The summed E-state index contributed by atoms with van der Waals surface area (Å²) in [6.45, 7) is 0. The first-order valence-electron chi connectivity index (χ1n) is 4.63. The van der Waals surface area contributed by atoms with Gasteiger partial charge in [-0.3, -0.25) is 10.2 Å². The van der Waals surface area contributed by atoms with Gasteiger partial charge >= 0.3 is 0 Å². The normalized spacial score (nSPS) is 12.1. The number of phenolic OH excluding ortho intramolecular Hbond substituents is 1. The molecule has 0 aromatic heterocycles. The molecule has 0 radical (unpaired) electrons. The summed E-state index contributed by atoms with van der Waals surface area (Å²) < 4.78 is 0. The summed E-state index contributed by atoms with van der Waals surface area (Å²) in [5.41, 5.74) is 3.05. The Bertz CT molecular complexity index is 324. The highest BCUT2D eigenvalue weighted by atomic mass is 16.3. The molecule has 1 aromatic carbocycles. The standard InChI is InChI=1S/C10H15N3O2/c1-12-9(10(15)13-11)6-7-2-4-8(14)5-3-7/h2-5,9,12,14H,6,11H2,1H3,(H,13,15). The largest absolute Gasteiger partial charge is 0.508 e. The number of carbonyl (C=O) groups excluding carboxylic acids is 1. The van der Waals surface area contributed by atoms with E-state index in [0.29, 0.717) is 6.42 Å². The van der Waals surface area contributed by atoms with E-state index >= 15 is 0 Å². The summed E-state index contributed by atoms with van der Waals surface area (Å²) >= 11 is 0. The van der Waals surface area contributed by atoms with Gasteiger partial charge in [0.15, 0.2) is 0 Å². The summed E-state index contributed by atoms with van der Waals surface area (Å²) in [5, 5.41) is 11.9. The van der Waals surface area contributed by atoms with Crippen LogP contribution in [0.5, 0.6) is 5.75 Å². The maximum absolute atomic E-state index is 11.3. The average molecular weight is 209 g/mol. The highest BCUT2D eigenvalue weighted by molar-refractivity contribution is 5.81. The van der Waals surface area contributed by atoms with Gasteiger partial charge in [0.2, 0.25) is 0 Å². The second-order valence-corrected chi connectivity index (χ2v) is 3.22. The van der Waals surface area contributed by atoms with Gasteiger partial charge in [-0.1, -0.05) is 12.1 Å². The Morgan fingerprint density at radius 2 is 2.07 bits per heavy atom. The lowest BCUT2D eigenvalue weighted by Crippen LogP contribution is -2.46. The van der Waals surface area contributed by atoms with Gasteiger partial charge in [-0.25, -0.2) is 5.84 Å². The van der Waals surface area contributed by atoms with Crippen molar-refractivity contribution in [2.45, 2.75) is 12.5 Å². The zero-order valence-electron chi connectivity index (χ0n) is 8.53. The SMILES string of the molecule is CNC(Cc1ccc(O)cc1)C(=O)NN. The molecule has 5 nitrogen and oxygen atoms in total. The molecule has 1 aromatic rings. The monoisotopic (exact) mass is 209 g/mol. The van der Waals surface area contributed by atoms with Crippen molar-refractivity contribution in [3.05, 3.63) is 29.8 Å². The third-order valence-corrected chi connectivity index (χ3v) is 2.18. The molecule has 0 aliphatic heterocycles. The lowest BCUT2D eigenvalue weighted by atomic mass is 10.1. The number of aromatic hydroxyl groups is 1. The zero-order valence-corrected chi connectivity index (χ0v) is 8.53. The van der Waals surface area contributed by atoms with Crippen LogP contribution in [0.3, 0.4) is 0 Å². The first-order chi connectivity index (χ1) is 7.17. The Balaban J connectivity index is 2.66. The molecule has 0 saturated heterocycles. The Morgan fingerprint density at radius 3 is 2.53 bits per heavy atom. The number of hydrogen-bond acceptors (Lipinski definition) is 4. The molecule has 82 valence electrons. The van der Waals surface area contributed by atoms with Crippen LogP contribution in [0.25, 0.3) is 0 Å². The molecule has 5 N–H and O–H groups in total.